The first-order chi connectivity index (χ1) is 15.8. The quantitative estimate of drug-likeness (QED) is 0.193. The van der Waals surface area contributed by atoms with E-state index in [0.29, 0.717) is 43.4 Å². The van der Waals surface area contributed by atoms with Crippen molar-refractivity contribution in [2.75, 3.05) is 13.7 Å². The van der Waals surface area contributed by atoms with Crippen LogP contribution in [0.15, 0.2) is 24.3 Å². The Morgan fingerprint density at radius 3 is 2.52 bits per heavy atom. The number of carbonyl (C=O) groups is 3. The molecule has 0 aliphatic heterocycles. The number of hydrogen-bond donors (Lipinski definition) is 1. The summed E-state index contributed by atoms with van der Waals surface area (Å²) in [5.41, 5.74) is 0. The first-order valence-electron chi connectivity index (χ1n) is 12.6. The Bertz CT molecular complexity index is 655. The van der Waals surface area contributed by atoms with Crippen molar-refractivity contribution in [2.24, 2.45) is 17.8 Å². The van der Waals surface area contributed by atoms with Gasteiger partial charge in [-0.3, -0.25) is 9.59 Å². The molecule has 1 rings (SSSR count). The van der Waals surface area contributed by atoms with Gasteiger partial charge in [-0.1, -0.05) is 64.3 Å². The minimum Gasteiger partial charge on any atom is -0.466 e. The zero-order chi connectivity index (χ0) is 24.6. The standard InChI is InChI=1S/C27H45NO5/c1-6-7-8-9-10-12-15-23-22(19-28-20(2)3)18-25(30)24(23)16-13-11-14-17-26(27(31)32-5)33-21(4)29/h11-13,15,20,22-24,26,28H,6-10,14,16-19H2,1-5H3/b13-11-,15-12+/t22-,23-,24+,26?/m0/s1. The van der Waals surface area contributed by atoms with Gasteiger partial charge in [0.15, 0.2) is 6.10 Å². The van der Waals surface area contributed by atoms with Crippen molar-refractivity contribution in [1.82, 2.24) is 5.32 Å². The fourth-order valence-corrected chi connectivity index (χ4v) is 4.37. The highest BCUT2D eigenvalue weighted by Gasteiger charge is 2.39. The van der Waals surface area contributed by atoms with Gasteiger partial charge < -0.3 is 14.8 Å². The maximum Gasteiger partial charge on any atom is 0.347 e. The largest absolute Gasteiger partial charge is 0.466 e. The van der Waals surface area contributed by atoms with E-state index in [-0.39, 0.29) is 11.8 Å². The van der Waals surface area contributed by atoms with E-state index in [4.69, 9.17) is 9.47 Å². The molecule has 33 heavy (non-hydrogen) atoms. The zero-order valence-corrected chi connectivity index (χ0v) is 21.3. The predicted molar refractivity (Wildman–Crippen MR) is 132 cm³/mol. The Morgan fingerprint density at radius 1 is 1.12 bits per heavy atom. The molecule has 0 saturated heterocycles. The number of methoxy groups -OCH3 is 1. The molecule has 4 atom stereocenters. The Morgan fingerprint density at radius 2 is 1.88 bits per heavy atom. The van der Waals surface area contributed by atoms with Crippen molar-refractivity contribution < 1.29 is 23.9 Å². The van der Waals surface area contributed by atoms with E-state index < -0.39 is 18.0 Å². The lowest BCUT2D eigenvalue weighted by Gasteiger charge is -2.21. The van der Waals surface area contributed by atoms with Crippen LogP contribution < -0.4 is 5.32 Å². The zero-order valence-electron chi connectivity index (χ0n) is 21.3. The number of carbonyl (C=O) groups excluding carboxylic acids is 3. The third kappa shape index (κ3) is 11.6. The fraction of sp³-hybridized carbons (Fsp3) is 0.741. The summed E-state index contributed by atoms with van der Waals surface area (Å²) in [6.07, 6.45) is 16.0. The number of ether oxygens (including phenoxy) is 2. The van der Waals surface area contributed by atoms with Gasteiger partial charge in [0.2, 0.25) is 0 Å². The van der Waals surface area contributed by atoms with Crippen molar-refractivity contribution in [3.63, 3.8) is 0 Å². The molecule has 6 heteroatoms. The number of nitrogens with one attached hydrogen (secondary N) is 1. The summed E-state index contributed by atoms with van der Waals surface area (Å²) in [5.74, 6) is -0.132. The van der Waals surface area contributed by atoms with Gasteiger partial charge in [-0.25, -0.2) is 4.79 Å². The summed E-state index contributed by atoms with van der Waals surface area (Å²) in [6, 6.07) is 0.401. The van der Waals surface area contributed by atoms with Crippen LogP contribution in [0.2, 0.25) is 0 Å². The summed E-state index contributed by atoms with van der Waals surface area (Å²) in [7, 11) is 1.28. The topological polar surface area (TPSA) is 81.7 Å². The van der Waals surface area contributed by atoms with Gasteiger partial charge in [0.25, 0.3) is 0 Å². The molecule has 0 heterocycles. The molecular weight excluding hydrogens is 418 g/mol. The van der Waals surface area contributed by atoms with Gasteiger partial charge in [0.1, 0.15) is 5.78 Å². The summed E-state index contributed by atoms with van der Waals surface area (Å²) in [6.45, 7) is 8.62. The van der Waals surface area contributed by atoms with Crippen molar-refractivity contribution in [3.8, 4) is 0 Å². The van der Waals surface area contributed by atoms with Crippen LogP contribution in [0, 0.1) is 17.8 Å². The van der Waals surface area contributed by atoms with Crippen LogP contribution in [0.4, 0.5) is 0 Å². The van der Waals surface area contributed by atoms with Crippen LogP contribution in [-0.4, -0.2) is 43.5 Å². The Labute approximate surface area is 200 Å². The van der Waals surface area contributed by atoms with Crippen LogP contribution in [0.5, 0.6) is 0 Å². The van der Waals surface area contributed by atoms with E-state index in [9.17, 15) is 14.4 Å². The fourth-order valence-electron chi connectivity index (χ4n) is 4.37. The smallest absolute Gasteiger partial charge is 0.347 e. The summed E-state index contributed by atoms with van der Waals surface area (Å²) >= 11 is 0. The third-order valence-electron chi connectivity index (χ3n) is 6.18. The predicted octanol–water partition coefficient (Wildman–Crippen LogP) is 5.16. The molecule has 0 radical (unpaired) electrons. The van der Waals surface area contributed by atoms with Crippen LogP contribution >= 0.6 is 0 Å². The summed E-state index contributed by atoms with van der Waals surface area (Å²) < 4.78 is 9.74. The lowest BCUT2D eigenvalue weighted by Crippen LogP contribution is -2.31. The van der Waals surface area contributed by atoms with Crippen LogP contribution in [-0.2, 0) is 23.9 Å². The lowest BCUT2D eigenvalue weighted by molar-refractivity contribution is -0.165. The highest BCUT2D eigenvalue weighted by atomic mass is 16.6. The molecule has 1 aliphatic rings. The van der Waals surface area contributed by atoms with Gasteiger partial charge in [0.05, 0.1) is 7.11 Å². The second-order valence-corrected chi connectivity index (χ2v) is 9.36. The second kappa shape index (κ2) is 16.6. The van der Waals surface area contributed by atoms with Gasteiger partial charge in [0, 0.05) is 25.3 Å². The number of esters is 2. The maximum atomic E-state index is 12.8. The Hall–Kier alpha value is -1.95. The first-order valence-corrected chi connectivity index (χ1v) is 12.6. The summed E-state index contributed by atoms with van der Waals surface area (Å²) in [5, 5.41) is 3.51. The molecule has 188 valence electrons. The van der Waals surface area contributed by atoms with Crippen LogP contribution in [0.1, 0.15) is 85.5 Å². The van der Waals surface area contributed by atoms with E-state index in [0.717, 1.165) is 13.0 Å². The van der Waals surface area contributed by atoms with Crippen molar-refractivity contribution >= 4 is 17.7 Å². The molecule has 6 nitrogen and oxygen atoms in total. The maximum absolute atomic E-state index is 12.8. The number of hydrogen-bond acceptors (Lipinski definition) is 6. The van der Waals surface area contributed by atoms with E-state index in [2.05, 4.69) is 38.2 Å². The molecule has 0 amide bonds. The first kappa shape index (κ1) is 29.1. The lowest BCUT2D eigenvalue weighted by atomic mass is 9.86. The Balaban J connectivity index is 2.68. The van der Waals surface area contributed by atoms with E-state index >= 15 is 0 Å². The number of allylic oxidation sites excluding steroid dienone is 4. The van der Waals surface area contributed by atoms with E-state index in [1.807, 2.05) is 12.2 Å². The molecule has 1 saturated carbocycles. The SMILES string of the molecule is CCCCCC/C=C/[C@H]1[C@H](CNC(C)C)CC(=O)[C@@H]1C/C=C\CCC(OC(C)=O)C(=O)OC. The van der Waals surface area contributed by atoms with Crippen LogP contribution in [0.3, 0.4) is 0 Å². The van der Waals surface area contributed by atoms with Gasteiger partial charge >= 0.3 is 11.9 Å². The van der Waals surface area contributed by atoms with Gasteiger partial charge in [-0.15, -0.1) is 0 Å². The normalized spacial score (nSPS) is 21.9. The number of ketones is 1. The van der Waals surface area contributed by atoms with Crippen molar-refractivity contribution in [2.45, 2.75) is 97.6 Å². The number of rotatable bonds is 16. The van der Waals surface area contributed by atoms with E-state index in [1.165, 1.54) is 39.7 Å². The van der Waals surface area contributed by atoms with Gasteiger partial charge in [-0.05, 0) is 50.5 Å². The molecule has 0 aromatic heterocycles. The van der Waals surface area contributed by atoms with Crippen LogP contribution in [0.25, 0.3) is 0 Å². The van der Waals surface area contributed by atoms with Gasteiger partial charge in [-0.2, -0.15) is 0 Å². The monoisotopic (exact) mass is 463 g/mol. The molecule has 1 N–H and O–H groups in total. The molecule has 1 aliphatic carbocycles. The minimum absolute atomic E-state index is 0.00280. The average molecular weight is 464 g/mol. The second-order valence-electron chi connectivity index (χ2n) is 9.36. The molecule has 1 unspecified atom stereocenters. The molecule has 0 bridgehead atoms. The molecule has 0 aromatic rings. The van der Waals surface area contributed by atoms with Crippen molar-refractivity contribution in [3.05, 3.63) is 24.3 Å². The molecule has 0 aromatic carbocycles. The molecule has 1 fully saturated rings. The van der Waals surface area contributed by atoms with E-state index in [1.54, 1.807) is 0 Å². The molecule has 0 spiro atoms. The number of unbranched alkanes of at least 4 members (excludes halogenated alkanes) is 4. The number of Topliss-reactive ketones (excluding diaryl/α,β-unsaturated/α-hetero) is 1. The average Bonchev–Trinajstić information content (AvgIpc) is 3.07. The Kier molecular flexibility index (Phi) is 14.7. The highest BCUT2D eigenvalue weighted by Crippen LogP contribution is 2.38. The highest BCUT2D eigenvalue weighted by molar-refractivity contribution is 5.84. The minimum atomic E-state index is -0.889. The third-order valence-corrected chi connectivity index (χ3v) is 6.18. The van der Waals surface area contributed by atoms with Crippen molar-refractivity contribution in [1.29, 1.82) is 0 Å². The summed E-state index contributed by atoms with van der Waals surface area (Å²) in [4.78, 5) is 35.8. The molecular formula is C27H45NO5.